The smallest absolute Gasteiger partial charge is 0.311 e. The standard InChI is InChI=1S/C33H32BrNO4/c34-26-16-14-25(15-17-26)29(36)22-39-33(38)31-28(24-12-6-2-7-13-24)19-18-27(23-10-4-1-5-11-23)30(31)32(37)35-20-8-3-9-21-35/h1-2,4-7,10-19,27-28,30-31H,3,8-9,20-22H2. The Morgan fingerprint density at radius 3 is 1.82 bits per heavy atom. The highest BCUT2D eigenvalue weighted by Gasteiger charge is 2.48. The second-order valence-electron chi connectivity index (χ2n) is 10.2. The Bertz CT molecular complexity index is 1320. The molecular weight excluding hydrogens is 554 g/mol. The van der Waals surface area contributed by atoms with Crippen LogP contribution >= 0.6 is 15.9 Å². The van der Waals surface area contributed by atoms with Gasteiger partial charge >= 0.3 is 5.97 Å². The lowest BCUT2D eigenvalue weighted by molar-refractivity contribution is -0.156. The SMILES string of the molecule is O=C(COC(=O)C1C(c2ccccc2)C=CC(c2ccccc2)C1C(=O)N1CCCCC1)c1ccc(Br)cc1. The highest BCUT2D eigenvalue weighted by Crippen LogP contribution is 2.46. The maximum absolute atomic E-state index is 14.2. The Kier molecular flexibility index (Phi) is 8.72. The molecule has 39 heavy (non-hydrogen) atoms. The Balaban J connectivity index is 1.50. The van der Waals surface area contributed by atoms with Crippen LogP contribution in [0.3, 0.4) is 0 Å². The van der Waals surface area contributed by atoms with Gasteiger partial charge in [-0.1, -0.05) is 101 Å². The number of allylic oxidation sites excluding steroid dienone is 2. The summed E-state index contributed by atoms with van der Waals surface area (Å²) in [6.07, 6.45) is 7.14. The summed E-state index contributed by atoms with van der Waals surface area (Å²) in [5, 5.41) is 0. The fraction of sp³-hybridized carbons (Fsp3) is 0.303. The van der Waals surface area contributed by atoms with Gasteiger partial charge in [-0.3, -0.25) is 14.4 Å². The van der Waals surface area contributed by atoms with Crippen molar-refractivity contribution in [3.63, 3.8) is 0 Å². The number of hydrogen-bond acceptors (Lipinski definition) is 4. The summed E-state index contributed by atoms with van der Waals surface area (Å²) in [7, 11) is 0. The third-order valence-corrected chi connectivity index (χ3v) is 8.32. The number of halogens is 1. The Labute approximate surface area is 238 Å². The molecule has 4 unspecified atom stereocenters. The van der Waals surface area contributed by atoms with E-state index in [-0.39, 0.29) is 30.1 Å². The molecule has 200 valence electrons. The number of ether oxygens (including phenoxy) is 1. The first-order valence-electron chi connectivity index (χ1n) is 13.6. The molecule has 2 aliphatic rings. The van der Waals surface area contributed by atoms with Crippen molar-refractivity contribution >= 4 is 33.6 Å². The van der Waals surface area contributed by atoms with Gasteiger partial charge in [-0.15, -0.1) is 0 Å². The molecule has 0 saturated carbocycles. The van der Waals surface area contributed by atoms with E-state index in [1.807, 2.05) is 71.6 Å². The van der Waals surface area contributed by atoms with Gasteiger partial charge in [0.15, 0.2) is 12.4 Å². The van der Waals surface area contributed by atoms with Gasteiger partial charge in [-0.2, -0.15) is 0 Å². The van der Waals surface area contributed by atoms with Gasteiger partial charge in [-0.25, -0.2) is 0 Å². The number of rotatable bonds is 7. The van der Waals surface area contributed by atoms with Gasteiger partial charge in [0.1, 0.15) is 0 Å². The van der Waals surface area contributed by atoms with Crippen molar-refractivity contribution in [3.05, 3.63) is 118 Å². The molecule has 1 amide bonds. The van der Waals surface area contributed by atoms with Crippen molar-refractivity contribution in [1.29, 1.82) is 0 Å². The van der Waals surface area contributed by atoms with Crippen molar-refractivity contribution in [3.8, 4) is 0 Å². The van der Waals surface area contributed by atoms with Crippen LogP contribution in [0.15, 0.2) is 102 Å². The number of Topliss-reactive ketones (excluding diaryl/α,β-unsaturated/α-hetero) is 1. The minimum Gasteiger partial charge on any atom is -0.457 e. The number of benzene rings is 3. The predicted octanol–water partition coefficient (Wildman–Crippen LogP) is 6.56. The average molecular weight is 587 g/mol. The number of carbonyl (C=O) groups is 3. The zero-order chi connectivity index (χ0) is 27.2. The first-order valence-corrected chi connectivity index (χ1v) is 14.3. The summed E-state index contributed by atoms with van der Waals surface area (Å²) in [5.74, 6) is -2.85. The zero-order valence-electron chi connectivity index (χ0n) is 21.7. The molecule has 1 saturated heterocycles. The van der Waals surface area contributed by atoms with Crippen LogP contribution < -0.4 is 0 Å². The molecule has 1 fully saturated rings. The fourth-order valence-corrected chi connectivity index (χ4v) is 6.05. The number of esters is 1. The van der Waals surface area contributed by atoms with Crippen molar-refractivity contribution < 1.29 is 19.1 Å². The second-order valence-corrected chi connectivity index (χ2v) is 11.1. The van der Waals surface area contributed by atoms with E-state index in [9.17, 15) is 14.4 Å². The van der Waals surface area contributed by atoms with E-state index >= 15 is 0 Å². The third kappa shape index (κ3) is 6.22. The molecule has 1 aliphatic heterocycles. The van der Waals surface area contributed by atoms with E-state index in [1.54, 1.807) is 24.3 Å². The molecule has 5 rings (SSSR count). The van der Waals surface area contributed by atoms with Crippen LogP contribution in [0, 0.1) is 11.8 Å². The molecule has 0 radical (unpaired) electrons. The molecule has 5 nitrogen and oxygen atoms in total. The third-order valence-electron chi connectivity index (χ3n) is 7.79. The van der Waals surface area contributed by atoms with Crippen LogP contribution in [0.25, 0.3) is 0 Å². The molecular formula is C33H32BrNO4. The topological polar surface area (TPSA) is 63.7 Å². The van der Waals surface area contributed by atoms with Crippen molar-refractivity contribution in [2.45, 2.75) is 31.1 Å². The predicted molar refractivity (Wildman–Crippen MR) is 154 cm³/mol. The van der Waals surface area contributed by atoms with E-state index in [2.05, 4.69) is 22.0 Å². The minimum atomic E-state index is -0.769. The average Bonchev–Trinajstić information content (AvgIpc) is 3.00. The molecule has 1 heterocycles. The summed E-state index contributed by atoms with van der Waals surface area (Å²) in [5.41, 5.74) is 2.40. The van der Waals surface area contributed by atoms with E-state index in [4.69, 9.17) is 4.74 Å². The first kappa shape index (κ1) is 27.1. The number of piperidine rings is 1. The molecule has 3 aromatic carbocycles. The summed E-state index contributed by atoms with van der Waals surface area (Å²) in [4.78, 5) is 43.0. The van der Waals surface area contributed by atoms with Crippen LogP contribution in [0.2, 0.25) is 0 Å². The summed E-state index contributed by atoms with van der Waals surface area (Å²) >= 11 is 3.38. The molecule has 6 heteroatoms. The van der Waals surface area contributed by atoms with Gasteiger partial charge in [0.05, 0.1) is 11.8 Å². The van der Waals surface area contributed by atoms with Crippen LogP contribution in [0.5, 0.6) is 0 Å². The number of nitrogens with zero attached hydrogens (tertiary/aromatic N) is 1. The Hall–Kier alpha value is -3.51. The largest absolute Gasteiger partial charge is 0.457 e. The maximum Gasteiger partial charge on any atom is 0.311 e. The van der Waals surface area contributed by atoms with Crippen molar-refractivity contribution in [2.24, 2.45) is 11.8 Å². The van der Waals surface area contributed by atoms with Crippen LogP contribution in [-0.4, -0.2) is 42.3 Å². The normalized spacial score (nSPS) is 22.7. The van der Waals surface area contributed by atoms with E-state index in [0.717, 1.165) is 34.9 Å². The van der Waals surface area contributed by atoms with Gasteiger partial charge in [0.2, 0.25) is 5.91 Å². The molecule has 0 bridgehead atoms. The molecule has 0 aromatic heterocycles. The summed E-state index contributed by atoms with van der Waals surface area (Å²) in [6.45, 7) is 1.02. The van der Waals surface area contributed by atoms with E-state index < -0.39 is 17.8 Å². The van der Waals surface area contributed by atoms with E-state index in [0.29, 0.717) is 18.7 Å². The van der Waals surface area contributed by atoms with Crippen LogP contribution in [0.4, 0.5) is 0 Å². The second kappa shape index (κ2) is 12.6. The van der Waals surface area contributed by atoms with Gasteiger partial charge < -0.3 is 9.64 Å². The van der Waals surface area contributed by atoms with Crippen LogP contribution in [0.1, 0.15) is 52.6 Å². The van der Waals surface area contributed by atoms with Crippen molar-refractivity contribution in [2.75, 3.05) is 19.7 Å². The molecule has 0 N–H and O–H groups in total. The molecule has 1 aliphatic carbocycles. The lowest BCUT2D eigenvalue weighted by Gasteiger charge is -2.41. The quantitative estimate of drug-likeness (QED) is 0.179. The Morgan fingerprint density at radius 1 is 0.718 bits per heavy atom. The number of hydrogen-bond donors (Lipinski definition) is 0. The monoisotopic (exact) mass is 585 g/mol. The molecule has 4 atom stereocenters. The fourth-order valence-electron chi connectivity index (χ4n) is 5.79. The van der Waals surface area contributed by atoms with Crippen molar-refractivity contribution in [1.82, 2.24) is 4.90 Å². The summed E-state index contributed by atoms with van der Waals surface area (Å²) in [6, 6.07) is 26.6. The highest BCUT2D eigenvalue weighted by atomic mass is 79.9. The zero-order valence-corrected chi connectivity index (χ0v) is 23.3. The molecule has 3 aromatic rings. The maximum atomic E-state index is 14.2. The highest BCUT2D eigenvalue weighted by molar-refractivity contribution is 9.10. The minimum absolute atomic E-state index is 0.0185. The number of ketones is 1. The summed E-state index contributed by atoms with van der Waals surface area (Å²) < 4.78 is 6.59. The number of likely N-dealkylation sites (tertiary alicyclic amines) is 1. The molecule has 0 spiro atoms. The Morgan fingerprint density at radius 2 is 1.26 bits per heavy atom. The lowest BCUT2D eigenvalue weighted by Crippen LogP contribution is -2.48. The number of carbonyl (C=O) groups excluding carboxylic acids is 3. The number of amides is 1. The van der Waals surface area contributed by atoms with Gasteiger partial charge in [0.25, 0.3) is 0 Å². The van der Waals surface area contributed by atoms with Gasteiger partial charge in [0, 0.05) is 35.0 Å². The van der Waals surface area contributed by atoms with Gasteiger partial charge in [-0.05, 0) is 42.5 Å². The van der Waals surface area contributed by atoms with E-state index in [1.165, 1.54) is 0 Å². The lowest BCUT2D eigenvalue weighted by atomic mass is 9.66. The first-order chi connectivity index (χ1) is 19.0. The van der Waals surface area contributed by atoms with Crippen LogP contribution in [-0.2, 0) is 14.3 Å².